The van der Waals surface area contributed by atoms with E-state index in [1.54, 1.807) is 27.2 Å². The lowest BCUT2D eigenvalue weighted by molar-refractivity contribution is 0.0952. The predicted octanol–water partition coefficient (Wildman–Crippen LogP) is 0.286. The van der Waals surface area contributed by atoms with Crippen LogP contribution in [-0.2, 0) is 16.0 Å². The van der Waals surface area contributed by atoms with Crippen LogP contribution in [0.4, 0.5) is 0 Å². The van der Waals surface area contributed by atoms with Gasteiger partial charge >= 0.3 is 0 Å². The van der Waals surface area contributed by atoms with Crippen molar-refractivity contribution in [1.82, 2.24) is 10.3 Å². The Morgan fingerprint density at radius 1 is 1.35 bits per heavy atom. The second-order valence-corrected chi connectivity index (χ2v) is 4.42. The zero-order valence-corrected chi connectivity index (χ0v) is 12.3. The number of nitrogens with zero attached hydrogens (tertiary/aromatic N) is 1. The number of furan rings is 1. The Balaban J connectivity index is 2.69. The molecule has 7 nitrogen and oxygen atoms in total. The van der Waals surface area contributed by atoms with Gasteiger partial charge in [0.2, 0.25) is 0 Å². The quantitative estimate of drug-likeness (QED) is 0.385. The Morgan fingerprint density at radius 2 is 1.95 bits per heavy atom. The average molecular weight is 285 g/mol. The molecule has 0 saturated heterocycles. The standard InChI is InChI=1S/C13H23N3O4/c1-10-12(13(17)15-14)8-11(20-10)9-16(4-6-18-2)5-7-19-3/h8H,4-7,9,14H2,1-3H3,(H,15,17). The number of carbonyl (C=O) groups excluding carboxylic acids is 1. The van der Waals surface area contributed by atoms with Crippen LogP contribution in [0.5, 0.6) is 0 Å². The van der Waals surface area contributed by atoms with Crippen LogP contribution >= 0.6 is 0 Å². The van der Waals surface area contributed by atoms with Crippen molar-refractivity contribution >= 4 is 5.91 Å². The minimum Gasteiger partial charge on any atom is -0.464 e. The van der Waals surface area contributed by atoms with Gasteiger partial charge in [-0.1, -0.05) is 0 Å². The van der Waals surface area contributed by atoms with Crippen molar-refractivity contribution in [3.63, 3.8) is 0 Å². The molecule has 0 aliphatic rings. The fraction of sp³-hybridized carbons (Fsp3) is 0.615. The first-order valence-corrected chi connectivity index (χ1v) is 6.42. The third-order valence-corrected chi connectivity index (χ3v) is 2.95. The number of rotatable bonds is 9. The number of hydrogen-bond donors (Lipinski definition) is 2. The molecule has 1 amide bonds. The van der Waals surface area contributed by atoms with Crippen molar-refractivity contribution in [2.24, 2.45) is 5.84 Å². The zero-order valence-electron chi connectivity index (χ0n) is 12.3. The first-order valence-electron chi connectivity index (χ1n) is 6.42. The van der Waals surface area contributed by atoms with E-state index in [0.29, 0.717) is 36.8 Å². The molecule has 0 aliphatic heterocycles. The van der Waals surface area contributed by atoms with Crippen LogP contribution in [0, 0.1) is 6.92 Å². The number of hydrogen-bond acceptors (Lipinski definition) is 6. The number of nitrogens with two attached hydrogens (primary N) is 1. The van der Waals surface area contributed by atoms with Crippen LogP contribution in [0.3, 0.4) is 0 Å². The van der Waals surface area contributed by atoms with Crippen molar-refractivity contribution in [2.45, 2.75) is 13.5 Å². The summed E-state index contributed by atoms with van der Waals surface area (Å²) in [6.07, 6.45) is 0. The van der Waals surface area contributed by atoms with Gasteiger partial charge in [-0.2, -0.15) is 0 Å². The molecule has 0 aliphatic carbocycles. The van der Waals surface area contributed by atoms with E-state index in [9.17, 15) is 4.79 Å². The summed E-state index contributed by atoms with van der Waals surface area (Å²) in [5.74, 6) is 6.05. The first kappa shape index (κ1) is 16.6. The predicted molar refractivity (Wildman–Crippen MR) is 74.1 cm³/mol. The summed E-state index contributed by atoms with van der Waals surface area (Å²) in [6.45, 7) is 5.10. The third kappa shape index (κ3) is 4.93. The largest absolute Gasteiger partial charge is 0.464 e. The van der Waals surface area contributed by atoms with Crippen molar-refractivity contribution < 1.29 is 18.7 Å². The molecular formula is C13H23N3O4. The fourth-order valence-electron chi connectivity index (χ4n) is 1.86. The minimum absolute atomic E-state index is 0.349. The van der Waals surface area contributed by atoms with Crippen molar-refractivity contribution in [3.8, 4) is 0 Å². The molecule has 0 bridgehead atoms. The molecule has 20 heavy (non-hydrogen) atoms. The average Bonchev–Trinajstić information content (AvgIpc) is 2.81. The highest BCUT2D eigenvalue weighted by atomic mass is 16.5. The molecule has 7 heteroatoms. The number of nitrogen functional groups attached to an aromatic ring is 1. The molecule has 1 aromatic heterocycles. The highest BCUT2D eigenvalue weighted by molar-refractivity contribution is 5.94. The van der Waals surface area contributed by atoms with E-state index < -0.39 is 0 Å². The topological polar surface area (TPSA) is 90.0 Å². The summed E-state index contributed by atoms with van der Waals surface area (Å²) in [7, 11) is 3.32. The maximum absolute atomic E-state index is 11.5. The smallest absolute Gasteiger partial charge is 0.268 e. The molecule has 0 spiro atoms. The van der Waals surface area contributed by atoms with Crippen LogP contribution < -0.4 is 11.3 Å². The zero-order chi connectivity index (χ0) is 15.0. The first-order chi connectivity index (χ1) is 9.62. The number of ether oxygens (including phenoxy) is 2. The second kappa shape index (κ2) is 8.70. The number of nitrogens with one attached hydrogen (secondary N) is 1. The van der Waals surface area contributed by atoms with E-state index >= 15 is 0 Å². The molecule has 1 heterocycles. The van der Waals surface area contributed by atoms with E-state index in [1.165, 1.54) is 0 Å². The third-order valence-electron chi connectivity index (χ3n) is 2.95. The Labute approximate surface area is 119 Å². The van der Waals surface area contributed by atoms with Crippen molar-refractivity contribution in [2.75, 3.05) is 40.5 Å². The highest BCUT2D eigenvalue weighted by Crippen LogP contribution is 2.16. The van der Waals surface area contributed by atoms with Crippen LogP contribution in [0.15, 0.2) is 10.5 Å². The molecule has 1 aromatic rings. The van der Waals surface area contributed by atoms with E-state index in [2.05, 4.69) is 10.3 Å². The van der Waals surface area contributed by atoms with E-state index in [0.717, 1.165) is 13.1 Å². The maximum atomic E-state index is 11.5. The molecule has 0 unspecified atom stereocenters. The summed E-state index contributed by atoms with van der Waals surface area (Å²) in [5.41, 5.74) is 2.56. The van der Waals surface area contributed by atoms with Gasteiger partial charge in [0.25, 0.3) is 5.91 Å². The van der Waals surface area contributed by atoms with Gasteiger partial charge in [-0.25, -0.2) is 5.84 Å². The van der Waals surface area contributed by atoms with E-state index in [-0.39, 0.29) is 5.91 Å². The Bertz CT molecular complexity index is 412. The number of carbonyl (C=O) groups is 1. The fourth-order valence-corrected chi connectivity index (χ4v) is 1.86. The van der Waals surface area contributed by atoms with E-state index in [1.807, 2.05) is 0 Å². The number of amides is 1. The van der Waals surface area contributed by atoms with Crippen LogP contribution in [0.25, 0.3) is 0 Å². The van der Waals surface area contributed by atoms with Gasteiger partial charge in [0.05, 0.1) is 25.3 Å². The van der Waals surface area contributed by atoms with Gasteiger partial charge in [0.15, 0.2) is 0 Å². The van der Waals surface area contributed by atoms with Crippen LogP contribution in [0.1, 0.15) is 21.9 Å². The summed E-state index contributed by atoms with van der Waals surface area (Å²) in [5, 5.41) is 0. The molecule has 0 aromatic carbocycles. The lowest BCUT2D eigenvalue weighted by atomic mass is 10.2. The molecule has 3 N–H and O–H groups in total. The lowest BCUT2D eigenvalue weighted by Gasteiger charge is -2.20. The summed E-state index contributed by atoms with van der Waals surface area (Å²) < 4.78 is 15.7. The SMILES string of the molecule is COCCN(CCOC)Cc1cc(C(=O)NN)c(C)o1. The highest BCUT2D eigenvalue weighted by Gasteiger charge is 2.16. The van der Waals surface area contributed by atoms with Crippen LogP contribution in [-0.4, -0.2) is 51.3 Å². The van der Waals surface area contributed by atoms with Gasteiger partial charge in [-0.15, -0.1) is 0 Å². The van der Waals surface area contributed by atoms with E-state index in [4.69, 9.17) is 19.7 Å². The number of aryl methyl sites for hydroxylation is 1. The van der Waals surface area contributed by atoms with Gasteiger partial charge < -0.3 is 13.9 Å². The van der Waals surface area contributed by atoms with Gasteiger partial charge in [-0.3, -0.25) is 15.1 Å². The normalized spacial score (nSPS) is 11.1. The Hall–Kier alpha value is -1.41. The molecule has 0 saturated carbocycles. The van der Waals surface area contributed by atoms with Crippen molar-refractivity contribution in [3.05, 3.63) is 23.2 Å². The monoisotopic (exact) mass is 285 g/mol. The molecule has 0 radical (unpaired) electrons. The summed E-state index contributed by atoms with van der Waals surface area (Å²) in [4.78, 5) is 13.7. The Morgan fingerprint density at radius 3 is 2.45 bits per heavy atom. The molecule has 114 valence electrons. The second-order valence-electron chi connectivity index (χ2n) is 4.42. The van der Waals surface area contributed by atoms with Crippen LogP contribution in [0.2, 0.25) is 0 Å². The molecule has 0 fully saturated rings. The minimum atomic E-state index is -0.349. The summed E-state index contributed by atoms with van der Waals surface area (Å²) >= 11 is 0. The van der Waals surface area contributed by atoms with Crippen molar-refractivity contribution in [1.29, 1.82) is 0 Å². The number of methoxy groups -OCH3 is 2. The molecular weight excluding hydrogens is 262 g/mol. The Kier molecular flexibility index (Phi) is 7.24. The lowest BCUT2D eigenvalue weighted by Crippen LogP contribution is -2.30. The van der Waals surface area contributed by atoms with Gasteiger partial charge in [0.1, 0.15) is 11.5 Å². The summed E-state index contributed by atoms with van der Waals surface area (Å²) in [6, 6.07) is 1.71. The maximum Gasteiger partial charge on any atom is 0.268 e. The van der Waals surface area contributed by atoms with Gasteiger partial charge in [-0.05, 0) is 13.0 Å². The number of hydrazine groups is 1. The van der Waals surface area contributed by atoms with Gasteiger partial charge in [0, 0.05) is 27.3 Å². The molecule has 1 rings (SSSR count). The molecule has 0 atom stereocenters.